The van der Waals surface area contributed by atoms with Gasteiger partial charge in [0.05, 0.1) is 18.1 Å². The van der Waals surface area contributed by atoms with Gasteiger partial charge in [-0.1, -0.05) is 48.5 Å². The van der Waals surface area contributed by atoms with Crippen LogP contribution < -0.4 is 10.2 Å². The molecule has 0 atom stereocenters. The van der Waals surface area contributed by atoms with Crippen LogP contribution in [0.15, 0.2) is 89.9 Å². The molecule has 0 spiro atoms. The predicted octanol–water partition coefficient (Wildman–Crippen LogP) is 7.14. The number of carboxylic acids is 1. The standard InChI is InChI=1S/C32H27F3N2O4S/c1-36(16-20-8-4-3-5-9-20)18-24-27-28(38)25(31(39)40)19-37(17-22-10-6-7-11-26(22)32(33,34)35)30(27)42-29(24)21-12-14-23(41-2)15-13-21/h3-15,19H,16-18H2,1-2H3,(H,39,40). The van der Waals surface area contributed by atoms with Gasteiger partial charge in [-0.2, -0.15) is 13.2 Å². The quantitative estimate of drug-likeness (QED) is 0.197. The fourth-order valence-corrected chi connectivity index (χ4v) is 6.32. The van der Waals surface area contributed by atoms with E-state index in [4.69, 9.17) is 4.74 Å². The number of carboxylic acid groups (broad SMARTS) is 1. The van der Waals surface area contributed by atoms with Crippen molar-refractivity contribution >= 4 is 27.5 Å². The average Bonchev–Trinajstić information content (AvgIpc) is 3.34. The predicted molar refractivity (Wildman–Crippen MR) is 157 cm³/mol. The third-order valence-electron chi connectivity index (χ3n) is 6.98. The Morgan fingerprint density at radius 1 is 0.976 bits per heavy atom. The number of nitrogens with zero attached hydrogens (tertiary/aromatic N) is 2. The number of aromatic carboxylic acids is 1. The molecule has 0 aliphatic rings. The van der Waals surface area contributed by atoms with Gasteiger partial charge in [0.25, 0.3) is 0 Å². The summed E-state index contributed by atoms with van der Waals surface area (Å²) in [6.45, 7) is 0.592. The van der Waals surface area contributed by atoms with Crippen LogP contribution in [0, 0.1) is 0 Å². The smallest absolute Gasteiger partial charge is 0.416 e. The van der Waals surface area contributed by atoms with Gasteiger partial charge >= 0.3 is 12.1 Å². The molecule has 0 aliphatic heterocycles. The molecule has 5 rings (SSSR count). The maximum Gasteiger partial charge on any atom is 0.416 e. The zero-order valence-electron chi connectivity index (χ0n) is 22.8. The number of ether oxygens (including phenoxy) is 1. The van der Waals surface area contributed by atoms with Crippen LogP contribution in [0.2, 0.25) is 0 Å². The van der Waals surface area contributed by atoms with E-state index < -0.39 is 28.7 Å². The molecule has 0 fully saturated rings. The van der Waals surface area contributed by atoms with Crippen LogP contribution >= 0.6 is 11.3 Å². The molecular formula is C32H27F3N2O4S. The number of fused-ring (bicyclic) bond motifs is 1. The van der Waals surface area contributed by atoms with E-state index in [1.807, 2.05) is 54.4 Å². The second-order valence-corrected chi connectivity index (χ2v) is 10.9. The van der Waals surface area contributed by atoms with Crippen LogP contribution in [-0.4, -0.2) is 34.7 Å². The van der Waals surface area contributed by atoms with E-state index in [0.29, 0.717) is 29.2 Å². The lowest BCUT2D eigenvalue weighted by atomic mass is 10.0. The molecule has 0 unspecified atom stereocenters. The normalized spacial score (nSPS) is 11.8. The molecule has 0 amide bonds. The Morgan fingerprint density at radius 3 is 2.29 bits per heavy atom. The summed E-state index contributed by atoms with van der Waals surface area (Å²) in [5.74, 6) is -0.806. The minimum atomic E-state index is -4.60. The third-order valence-corrected chi connectivity index (χ3v) is 8.29. The van der Waals surface area contributed by atoms with Crippen molar-refractivity contribution in [1.29, 1.82) is 0 Å². The van der Waals surface area contributed by atoms with E-state index in [1.54, 1.807) is 19.2 Å². The van der Waals surface area contributed by atoms with Crippen molar-refractivity contribution in [3.8, 4) is 16.2 Å². The van der Waals surface area contributed by atoms with Gasteiger partial charge < -0.3 is 14.4 Å². The molecule has 10 heteroatoms. The third kappa shape index (κ3) is 5.95. The minimum absolute atomic E-state index is 0.0339. The summed E-state index contributed by atoms with van der Waals surface area (Å²) in [6.07, 6.45) is -3.45. The molecule has 0 bridgehead atoms. The Kier molecular flexibility index (Phi) is 8.20. The van der Waals surface area contributed by atoms with Crippen LogP contribution in [0.25, 0.3) is 20.7 Å². The Balaban J connectivity index is 1.73. The van der Waals surface area contributed by atoms with E-state index in [0.717, 1.165) is 28.3 Å². The van der Waals surface area contributed by atoms with Gasteiger partial charge in [-0.3, -0.25) is 9.69 Å². The molecule has 1 N–H and O–H groups in total. The van der Waals surface area contributed by atoms with Crippen LogP contribution in [0.4, 0.5) is 13.2 Å². The zero-order chi connectivity index (χ0) is 30.0. The number of hydrogen-bond acceptors (Lipinski definition) is 5. The molecule has 0 radical (unpaired) electrons. The van der Waals surface area contributed by atoms with Crippen molar-refractivity contribution in [2.75, 3.05) is 14.2 Å². The largest absolute Gasteiger partial charge is 0.497 e. The summed E-state index contributed by atoms with van der Waals surface area (Å²) in [4.78, 5) is 29.0. The number of carbonyl (C=O) groups is 1. The summed E-state index contributed by atoms with van der Waals surface area (Å²) in [5.41, 5.74) is 0.424. The highest BCUT2D eigenvalue weighted by Crippen LogP contribution is 2.40. The van der Waals surface area contributed by atoms with Gasteiger partial charge in [0.15, 0.2) is 0 Å². The minimum Gasteiger partial charge on any atom is -0.497 e. The number of rotatable bonds is 9. The van der Waals surface area contributed by atoms with Crippen LogP contribution in [0.1, 0.15) is 32.6 Å². The SMILES string of the molecule is COc1ccc(-c2sc3c(c2CN(C)Cc2ccccc2)c(=O)c(C(=O)O)cn3Cc2ccccc2C(F)(F)F)cc1. The molecule has 2 aromatic heterocycles. The van der Waals surface area contributed by atoms with E-state index in [1.165, 1.54) is 34.1 Å². The lowest BCUT2D eigenvalue weighted by Gasteiger charge is -2.18. The first-order valence-electron chi connectivity index (χ1n) is 13.0. The highest BCUT2D eigenvalue weighted by Gasteiger charge is 2.33. The lowest BCUT2D eigenvalue weighted by Crippen LogP contribution is -2.22. The number of benzene rings is 3. The Hall–Kier alpha value is -4.41. The zero-order valence-corrected chi connectivity index (χ0v) is 23.6. The van der Waals surface area contributed by atoms with E-state index in [2.05, 4.69) is 0 Å². The van der Waals surface area contributed by atoms with Gasteiger partial charge in [-0.25, -0.2) is 4.79 Å². The Bertz CT molecular complexity index is 1800. The second kappa shape index (κ2) is 11.8. The lowest BCUT2D eigenvalue weighted by molar-refractivity contribution is -0.138. The van der Waals surface area contributed by atoms with E-state index in [-0.39, 0.29) is 17.5 Å². The first kappa shape index (κ1) is 29.1. The molecule has 6 nitrogen and oxygen atoms in total. The summed E-state index contributed by atoms with van der Waals surface area (Å²) >= 11 is 1.25. The molecule has 0 aliphatic carbocycles. The Labute approximate surface area is 243 Å². The molecule has 3 aromatic carbocycles. The van der Waals surface area contributed by atoms with Crippen molar-refractivity contribution in [2.24, 2.45) is 0 Å². The first-order valence-corrected chi connectivity index (χ1v) is 13.8. The number of hydrogen-bond donors (Lipinski definition) is 1. The molecule has 0 saturated heterocycles. The monoisotopic (exact) mass is 592 g/mol. The number of pyridine rings is 1. The van der Waals surface area contributed by atoms with Crippen molar-refractivity contribution < 1.29 is 27.8 Å². The van der Waals surface area contributed by atoms with Crippen molar-refractivity contribution in [2.45, 2.75) is 25.8 Å². The number of aromatic nitrogens is 1. The topological polar surface area (TPSA) is 71.8 Å². The molecule has 216 valence electrons. The number of alkyl halides is 3. The van der Waals surface area contributed by atoms with Crippen LogP contribution in [0.3, 0.4) is 0 Å². The number of halogens is 3. The number of thiophene rings is 1. The van der Waals surface area contributed by atoms with Gasteiger partial charge in [0, 0.05) is 30.7 Å². The van der Waals surface area contributed by atoms with Gasteiger partial charge in [-0.05, 0) is 59.6 Å². The molecule has 5 aromatic rings. The summed E-state index contributed by atoms with van der Waals surface area (Å²) in [5, 5.41) is 10.1. The van der Waals surface area contributed by atoms with E-state index in [9.17, 15) is 27.9 Å². The van der Waals surface area contributed by atoms with Gasteiger partial charge in [-0.15, -0.1) is 11.3 Å². The second-order valence-electron chi connectivity index (χ2n) is 9.94. The summed E-state index contributed by atoms with van der Waals surface area (Å²) < 4.78 is 48.3. The van der Waals surface area contributed by atoms with Crippen molar-refractivity contribution in [3.05, 3.63) is 123 Å². The molecular weight excluding hydrogens is 565 g/mol. The average molecular weight is 593 g/mol. The van der Waals surface area contributed by atoms with Crippen molar-refractivity contribution in [3.63, 3.8) is 0 Å². The maximum absolute atomic E-state index is 13.8. The first-order chi connectivity index (χ1) is 20.1. The number of methoxy groups -OCH3 is 1. The van der Waals surface area contributed by atoms with Crippen LogP contribution in [0.5, 0.6) is 5.75 Å². The highest BCUT2D eigenvalue weighted by atomic mass is 32.1. The maximum atomic E-state index is 13.8. The summed E-state index contributed by atoms with van der Waals surface area (Å²) in [7, 11) is 3.45. The van der Waals surface area contributed by atoms with Crippen molar-refractivity contribution in [1.82, 2.24) is 9.47 Å². The molecule has 2 heterocycles. The summed E-state index contributed by atoms with van der Waals surface area (Å²) in [6, 6.07) is 22.2. The fourth-order valence-electron chi connectivity index (χ4n) is 5.03. The highest BCUT2D eigenvalue weighted by molar-refractivity contribution is 7.22. The Morgan fingerprint density at radius 2 is 1.64 bits per heavy atom. The van der Waals surface area contributed by atoms with E-state index >= 15 is 0 Å². The van der Waals surface area contributed by atoms with Gasteiger partial charge in [0.1, 0.15) is 16.1 Å². The molecule has 0 saturated carbocycles. The van der Waals surface area contributed by atoms with Crippen LogP contribution in [-0.2, 0) is 25.8 Å². The molecule has 42 heavy (non-hydrogen) atoms. The fraction of sp³-hybridized carbons (Fsp3) is 0.188. The van der Waals surface area contributed by atoms with Gasteiger partial charge in [0.2, 0.25) is 5.43 Å².